The standard InChI is InChI=1S/C20H22ClN7O3S/c1-12-24-16-7-6-15(10-17(16)32-12)25-27-26-20(31)28(9-8-18(22)29)19(30)23-11-13-2-4-14(21)5-3-13/h2-7,10,25,27H,8-9,11H2,1H3,(H2,22,29)(H,23,30)(H,26,31). The molecule has 0 unspecified atom stereocenters. The molecule has 3 rings (SSSR count). The fraction of sp³-hybridized carbons (Fsp3) is 0.200. The lowest BCUT2D eigenvalue weighted by Gasteiger charge is -2.22. The fourth-order valence-corrected chi connectivity index (χ4v) is 3.73. The van der Waals surface area contributed by atoms with Gasteiger partial charge >= 0.3 is 12.1 Å². The van der Waals surface area contributed by atoms with E-state index in [0.717, 1.165) is 25.7 Å². The topological polar surface area (TPSA) is 141 Å². The number of rotatable bonds is 8. The van der Waals surface area contributed by atoms with E-state index in [2.05, 4.69) is 26.7 Å². The summed E-state index contributed by atoms with van der Waals surface area (Å²) >= 11 is 7.40. The molecule has 2 aromatic carbocycles. The number of halogens is 1. The third-order valence-corrected chi connectivity index (χ3v) is 5.49. The highest BCUT2D eigenvalue weighted by molar-refractivity contribution is 7.18. The maximum atomic E-state index is 12.5. The Bertz CT molecular complexity index is 1120. The zero-order valence-electron chi connectivity index (χ0n) is 17.1. The van der Waals surface area contributed by atoms with Crippen molar-refractivity contribution in [2.24, 2.45) is 5.73 Å². The highest BCUT2D eigenvalue weighted by atomic mass is 35.5. The Labute approximate surface area is 193 Å². The Hall–Kier alpha value is -3.41. The third-order valence-electron chi connectivity index (χ3n) is 4.30. The summed E-state index contributed by atoms with van der Waals surface area (Å²) in [4.78, 5) is 41.5. The number of aromatic nitrogens is 1. The minimum atomic E-state index is -0.762. The monoisotopic (exact) mass is 475 g/mol. The molecule has 168 valence electrons. The largest absolute Gasteiger partial charge is 0.370 e. The van der Waals surface area contributed by atoms with Gasteiger partial charge in [0, 0.05) is 24.5 Å². The van der Waals surface area contributed by atoms with Gasteiger partial charge in [0.2, 0.25) is 5.91 Å². The molecule has 0 aliphatic carbocycles. The number of anilines is 1. The summed E-state index contributed by atoms with van der Waals surface area (Å²) in [7, 11) is 0. The quantitative estimate of drug-likeness (QED) is 0.317. The minimum Gasteiger partial charge on any atom is -0.370 e. The molecular formula is C20H22ClN7O3S. The molecule has 32 heavy (non-hydrogen) atoms. The smallest absolute Gasteiger partial charge is 0.341 e. The van der Waals surface area contributed by atoms with Crippen LogP contribution in [0.15, 0.2) is 42.5 Å². The number of amides is 5. The molecule has 12 heteroatoms. The minimum absolute atomic E-state index is 0.170. The average Bonchev–Trinajstić information content (AvgIpc) is 3.12. The first-order valence-electron chi connectivity index (χ1n) is 9.58. The molecule has 0 spiro atoms. The van der Waals surface area contributed by atoms with Gasteiger partial charge in [-0.1, -0.05) is 23.7 Å². The summed E-state index contributed by atoms with van der Waals surface area (Å²) in [6.07, 6.45) is -0.170. The number of aryl methyl sites for hydroxylation is 1. The Morgan fingerprint density at radius 3 is 2.59 bits per heavy atom. The van der Waals surface area contributed by atoms with Crippen molar-refractivity contribution in [3.63, 3.8) is 0 Å². The second kappa shape index (κ2) is 10.8. The van der Waals surface area contributed by atoms with E-state index in [-0.39, 0.29) is 19.5 Å². The lowest BCUT2D eigenvalue weighted by atomic mass is 10.2. The van der Waals surface area contributed by atoms with Crippen molar-refractivity contribution in [3.8, 4) is 0 Å². The molecule has 1 aromatic heterocycles. The van der Waals surface area contributed by atoms with Gasteiger partial charge in [0.15, 0.2) is 0 Å². The molecule has 0 saturated heterocycles. The molecule has 0 aliphatic rings. The predicted octanol–water partition coefficient (Wildman–Crippen LogP) is 2.89. The van der Waals surface area contributed by atoms with E-state index in [1.54, 1.807) is 41.7 Å². The van der Waals surface area contributed by atoms with E-state index >= 15 is 0 Å². The number of carbonyl (C=O) groups excluding carboxylic acids is 3. The van der Waals surface area contributed by atoms with Crippen LogP contribution in [0.2, 0.25) is 5.02 Å². The van der Waals surface area contributed by atoms with Gasteiger partial charge in [0.05, 0.1) is 20.9 Å². The zero-order chi connectivity index (χ0) is 23.1. The van der Waals surface area contributed by atoms with Crippen LogP contribution < -0.4 is 27.4 Å². The van der Waals surface area contributed by atoms with Gasteiger partial charge < -0.3 is 16.5 Å². The van der Waals surface area contributed by atoms with Gasteiger partial charge in [0.25, 0.3) is 0 Å². The highest BCUT2D eigenvalue weighted by Crippen LogP contribution is 2.24. The number of carbonyl (C=O) groups is 3. The van der Waals surface area contributed by atoms with Crippen molar-refractivity contribution in [2.75, 3.05) is 12.0 Å². The number of primary amides is 1. The maximum absolute atomic E-state index is 12.5. The number of hydrogen-bond donors (Lipinski definition) is 5. The molecule has 0 radical (unpaired) electrons. The van der Waals surface area contributed by atoms with Gasteiger partial charge in [0.1, 0.15) is 0 Å². The number of nitrogens with two attached hydrogens (primary N) is 1. The van der Waals surface area contributed by atoms with Crippen molar-refractivity contribution in [1.29, 1.82) is 0 Å². The number of benzene rings is 2. The SMILES string of the molecule is Cc1nc2ccc(NNNC(=O)N(CCC(N)=O)C(=O)NCc3ccc(Cl)cc3)cc2s1. The number of nitrogens with zero attached hydrogens (tertiary/aromatic N) is 2. The van der Waals surface area contributed by atoms with Crippen LogP contribution >= 0.6 is 22.9 Å². The summed E-state index contributed by atoms with van der Waals surface area (Å²) in [5.74, 6) is -0.632. The van der Waals surface area contributed by atoms with Gasteiger partial charge in [-0.2, -0.15) is 0 Å². The Kier molecular flexibility index (Phi) is 7.82. The zero-order valence-corrected chi connectivity index (χ0v) is 18.7. The van der Waals surface area contributed by atoms with Crippen molar-refractivity contribution >= 4 is 56.8 Å². The molecule has 6 N–H and O–H groups in total. The summed E-state index contributed by atoms with van der Waals surface area (Å²) in [6, 6.07) is 11.0. The lowest BCUT2D eigenvalue weighted by Crippen LogP contribution is -2.53. The van der Waals surface area contributed by atoms with Crippen LogP contribution in [0.4, 0.5) is 15.3 Å². The van der Waals surface area contributed by atoms with Crippen LogP contribution in [-0.2, 0) is 11.3 Å². The Morgan fingerprint density at radius 2 is 1.88 bits per heavy atom. The predicted molar refractivity (Wildman–Crippen MR) is 124 cm³/mol. The van der Waals surface area contributed by atoms with Gasteiger partial charge in [-0.25, -0.2) is 19.5 Å². The summed E-state index contributed by atoms with van der Waals surface area (Å²) in [5.41, 5.74) is 15.3. The summed E-state index contributed by atoms with van der Waals surface area (Å²) < 4.78 is 0.991. The van der Waals surface area contributed by atoms with Crippen LogP contribution in [0.3, 0.4) is 0 Å². The normalized spacial score (nSPS) is 10.6. The van der Waals surface area contributed by atoms with Crippen LogP contribution in [0, 0.1) is 6.92 Å². The first-order valence-corrected chi connectivity index (χ1v) is 10.8. The fourth-order valence-electron chi connectivity index (χ4n) is 2.73. The molecule has 0 bridgehead atoms. The lowest BCUT2D eigenvalue weighted by molar-refractivity contribution is -0.118. The highest BCUT2D eigenvalue weighted by Gasteiger charge is 2.21. The van der Waals surface area contributed by atoms with E-state index in [1.807, 2.05) is 19.1 Å². The van der Waals surface area contributed by atoms with Crippen LogP contribution in [0.25, 0.3) is 10.2 Å². The summed E-state index contributed by atoms with van der Waals surface area (Å²) in [5, 5.41) is 4.16. The molecule has 0 atom stereocenters. The van der Waals surface area contributed by atoms with E-state index in [9.17, 15) is 14.4 Å². The summed E-state index contributed by atoms with van der Waals surface area (Å²) in [6.45, 7) is 1.92. The molecule has 10 nitrogen and oxygen atoms in total. The van der Waals surface area contributed by atoms with Crippen molar-refractivity contribution < 1.29 is 14.4 Å². The number of hydrazine groups is 2. The van der Waals surface area contributed by atoms with E-state index in [0.29, 0.717) is 10.7 Å². The molecule has 0 fully saturated rings. The Morgan fingerprint density at radius 1 is 1.12 bits per heavy atom. The molecule has 0 saturated carbocycles. The number of thiazole rings is 1. The van der Waals surface area contributed by atoms with Gasteiger partial charge in [-0.05, 0) is 42.8 Å². The molecule has 0 aliphatic heterocycles. The van der Waals surface area contributed by atoms with Crippen LogP contribution in [-0.4, -0.2) is 34.4 Å². The first kappa shape index (κ1) is 23.3. The average molecular weight is 476 g/mol. The third kappa shape index (κ3) is 6.54. The molecule has 5 amide bonds. The second-order valence-electron chi connectivity index (χ2n) is 6.75. The number of imide groups is 1. The van der Waals surface area contributed by atoms with Crippen LogP contribution in [0.5, 0.6) is 0 Å². The number of fused-ring (bicyclic) bond motifs is 1. The second-order valence-corrected chi connectivity index (χ2v) is 8.42. The Balaban J connectivity index is 1.56. The molecule has 3 aromatic rings. The first-order chi connectivity index (χ1) is 15.3. The van der Waals surface area contributed by atoms with E-state index in [1.165, 1.54) is 0 Å². The number of hydrogen-bond acceptors (Lipinski definition) is 7. The molecule has 1 heterocycles. The van der Waals surface area contributed by atoms with Crippen molar-refractivity contribution in [3.05, 3.63) is 58.1 Å². The van der Waals surface area contributed by atoms with Crippen LogP contribution in [0.1, 0.15) is 17.0 Å². The van der Waals surface area contributed by atoms with E-state index in [4.69, 9.17) is 17.3 Å². The van der Waals surface area contributed by atoms with Crippen molar-refractivity contribution in [2.45, 2.75) is 19.9 Å². The van der Waals surface area contributed by atoms with Gasteiger partial charge in [-0.15, -0.1) is 16.9 Å². The number of urea groups is 2. The number of nitrogens with one attached hydrogen (secondary N) is 4. The van der Waals surface area contributed by atoms with Crippen molar-refractivity contribution in [1.82, 2.24) is 26.2 Å². The maximum Gasteiger partial charge on any atom is 0.341 e. The van der Waals surface area contributed by atoms with Gasteiger partial charge in [-0.3, -0.25) is 10.2 Å². The molecular weight excluding hydrogens is 454 g/mol. The van der Waals surface area contributed by atoms with E-state index < -0.39 is 18.0 Å².